The number of likely N-dealkylation sites (N-methyl/N-ethyl adjacent to an activating group) is 1. The summed E-state index contributed by atoms with van der Waals surface area (Å²) in [7, 11) is 6.59. The highest BCUT2D eigenvalue weighted by Crippen LogP contribution is 2.37. The number of benzene rings is 2. The normalized spacial score (nSPS) is 13.9. The van der Waals surface area contributed by atoms with Crippen molar-refractivity contribution in [2.75, 3.05) is 77.9 Å². The molecule has 0 bridgehead atoms. The average Bonchev–Trinajstić information content (AvgIpc) is 2.96. The first-order chi connectivity index (χ1) is 19.4. The van der Waals surface area contributed by atoms with Crippen molar-refractivity contribution in [2.45, 2.75) is 6.42 Å². The van der Waals surface area contributed by atoms with Gasteiger partial charge in [0.2, 0.25) is 11.7 Å². The van der Waals surface area contributed by atoms with Gasteiger partial charge >= 0.3 is 6.09 Å². The van der Waals surface area contributed by atoms with E-state index in [9.17, 15) is 9.18 Å². The van der Waals surface area contributed by atoms with Gasteiger partial charge in [0.05, 0.1) is 20.8 Å². The average molecular weight is 555 g/mol. The zero-order chi connectivity index (χ0) is 28.5. The molecule has 1 amide bonds. The van der Waals surface area contributed by atoms with Crippen LogP contribution in [0.3, 0.4) is 0 Å². The molecule has 4 rings (SSSR count). The van der Waals surface area contributed by atoms with Crippen LogP contribution in [-0.2, 0) is 0 Å². The Morgan fingerprint density at radius 2 is 1.82 bits per heavy atom. The summed E-state index contributed by atoms with van der Waals surface area (Å²) in [5.74, 6) is 1.06. The minimum atomic E-state index is -0.698. The fraction of sp³-hybridized carbons (Fsp3) is 0.393. The van der Waals surface area contributed by atoms with Gasteiger partial charge in [0.25, 0.3) is 0 Å². The first-order valence-electron chi connectivity index (χ1n) is 13.0. The van der Waals surface area contributed by atoms with E-state index < -0.39 is 11.9 Å². The molecule has 1 aromatic heterocycles. The second kappa shape index (κ2) is 13.8. The van der Waals surface area contributed by atoms with Gasteiger partial charge in [-0.25, -0.2) is 14.2 Å². The number of piperazine rings is 1. The molecule has 0 atom stereocenters. The van der Waals surface area contributed by atoms with Crippen molar-refractivity contribution >= 4 is 23.5 Å². The lowest BCUT2D eigenvalue weighted by Gasteiger charge is -2.32. The highest BCUT2D eigenvalue weighted by molar-refractivity contribution is 5.88. The number of anilines is 3. The molecule has 214 valence electrons. The maximum absolute atomic E-state index is 14.7. The van der Waals surface area contributed by atoms with E-state index >= 15 is 0 Å². The monoisotopic (exact) mass is 554 g/mol. The summed E-state index contributed by atoms with van der Waals surface area (Å²) >= 11 is 0. The summed E-state index contributed by atoms with van der Waals surface area (Å²) in [6.07, 6.45) is 1.61. The minimum absolute atomic E-state index is 0.177. The second-order valence-electron chi connectivity index (χ2n) is 9.27. The molecule has 0 unspecified atom stereocenters. The Morgan fingerprint density at radius 3 is 2.55 bits per heavy atom. The van der Waals surface area contributed by atoms with Crippen molar-refractivity contribution in [3.8, 4) is 23.0 Å². The zero-order valence-corrected chi connectivity index (χ0v) is 23.2. The van der Waals surface area contributed by atoms with Crippen molar-refractivity contribution in [2.24, 2.45) is 0 Å². The van der Waals surface area contributed by atoms with Crippen LogP contribution in [0.25, 0.3) is 0 Å². The van der Waals surface area contributed by atoms with Crippen LogP contribution >= 0.6 is 0 Å². The number of para-hydroxylation sites is 1. The molecule has 0 aliphatic carbocycles. The maximum atomic E-state index is 14.7. The van der Waals surface area contributed by atoms with Crippen molar-refractivity contribution < 1.29 is 28.1 Å². The van der Waals surface area contributed by atoms with Crippen LogP contribution in [0.1, 0.15) is 6.42 Å². The molecule has 3 aromatic rings. The van der Waals surface area contributed by atoms with Crippen LogP contribution in [0.15, 0.2) is 48.7 Å². The fourth-order valence-corrected chi connectivity index (χ4v) is 4.16. The topological polar surface area (TPSA) is 102 Å². The van der Waals surface area contributed by atoms with E-state index in [-0.39, 0.29) is 23.3 Å². The number of rotatable bonds is 11. The molecule has 0 spiro atoms. The Hall–Kier alpha value is -4.16. The Labute approximate surface area is 233 Å². The number of hydrogen-bond acceptors (Lipinski definition) is 10. The fourth-order valence-electron chi connectivity index (χ4n) is 4.16. The van der Waals surface area contributed by atoms with Gasteiger partial charge in [-0.1, -0.05) is 6.07 Å². The van der Waals surface area contributed by atoms with E-state index in [2.05, 4.69) is 32.1 Å². The molecule has 1 aliphatic heterocycles. The largest absolute Gasteiger partial charge is 0.493 e. The van der Waals surface area contributed by atoms with Crippen LogP contribution in [0.5, 0.6) is 23.0 Å². The minimum Gasteiger partial charge on any atom is -0.493 e. The van der Waals surface area contributed by atoms with Crippen LogP contribution in [0, 0.1) is 5.82 Å². The highest BCUT2D eigenvalue weighted by atomic mass is 19.1. The molecule has 40 heavy (non-hydrogen) atoms. The molecule has 2 heterocycles. The molecule has 1 aliphatic rings. The Kier molecular flexibility index (Phi) is 9.92. The van der Waals surface area contributed by atoms with Gasteiger partial charge in [-0.3, -0.25) is 4.90 Å². The third-order valence-corrected chi connectivity index (χ3v) is 6.48. The molecule has 1 saturated heterocycles. The van der Waals surface area contributed by atoms with Gasteiger partial charge in [-0.2, -0.15) is 4.98 Å². The summed E-state index contributed by atoms with van der Waals surface area (Å²) in [5, 5.41) is 2.96. The molecule has 1 N–H and O–H groups in total. The van der Waals surface area contributed by atoms with Crippen molar-refractivity contribution in [1.82, 2.24) is 19.8 Å². The number of halogens is 1. The first kappa shape index (κ1) is 28.8. The lowest BCUT2D eigenvalue weighted by Crippen LogP contribution is -2.44. The van der Waals surface area contributed by atoms with Crippen LogP contribution in [0.4, 0.5) is 26.6 Å². The second-order valence-corrected chi connectivity index (χ2v) is 9.27. The molecule has 0 saturated carbocycles. The van der Waals surface area contributed by atoms with Crippen molar-refractivity contribution in [3.63, 3.8) is 0 Å². The molecule has 12 heteroatoms. The van der Waals surface area contributed by atoms with Gasteiger partial charge in [0, 0.05) is 57.7 Å². The molecular formula is C28H35FN6O5. The summed E-state index contributed by atoms with van der Waals surface area (Å²) in [6, 6.07) is 11.1. The number of hydrogen-bond donors (Lipinski definition) is 1. The Bertz CT molecular complexity index is 1290. The number of carbonyl (C=O) groups is 1. The van der Waals surface area contributed by atoms with Crippen LogP contribution in [0.2, 0.25) is 0 Å². The summed E-state index contributed by atoms with van der Waals surface area (Å²) in [4.78, 5) is 27.3. The predicted octanol–water partition coefficient (Wildman–Crippen LogP) is 4.03. The summed E-state index contributed by atoms with van der Waals surface area (Å²) in [6.45, 7) is 5.58. The lowest BCUT2D eigenvalue weighted by atomic mass is 10.3. The molecule has 0 radical (unpaired) electrons. The van der Waals surface area contributed by atoms with E-state index in [4.69, 9.17) is 18.9 Å². The van der Waals surface area contributed by atoms with E-state index in [1.807, 2.05) is 0 Å². The number of carbonyl (C=O) groups excluding carboxylic acids is 1. The highest BCUT2D eigenvalue weighted by Gasteiger charge is 2.20. The molecular weight excluding hydrogens is 519 g/mol. The van der Waals surface area contributed by atoms with Gasteiger partial charge in [-0.15, -0.1) is 0 Å². The molecule has 1 fully saturated rings. The Morgan fingerprint density at radius 1 is 1.05 bits per heavy atom. The quantitative estimate of drug-likeness (QED) is 0.350. The number of nitrogens with one attached hydrogen (secondary N) is 1. The number of methoxy groups -OCH3 is 2. The first-order valence-corrected chi connectivity index (χ1v) is 13.0. The number of amides is 1. The third-order valence-electron chi connectivity index (χ3n) is 6.48. The van der Waals surface area contributed by atoms with Crippen molar-refractivity contribution in [3.05, 3.63) is 54.5 Å². The molecule has 11 nitrogen and oxygen atoms in total. The number of ether oxygens (including phenoxy) is 4. The maximum Gasteiger partial charge on any atom is 0.420 e. The SMILES string of the molecule is COc1cccc(OC(=O)N(C)c2ccnc(Nc3ccc(OCCCN4CCN(C)CC4)c(F)c3)n2)c1OC. The lowest BCUT2D eigenvalue weighted by molar-refractivity contribution is 0.145. The third kappa shape index (κ3) is 7.48. The van der Waals surface area contributed by atoms with E-state index in [0.29, 0.717) is 23.8 Å². The zero-order valence-electron chi connectivity index (χ0n) is 23.2. The molecule has 2 aromatic carbocycles. The Balaban J connectivity index is 1.32. The van der Waals surface area contributed by atoms with Gasteiger partial charge in [0.1, 0.15) is 5.82 Å². The van der Waals surface area contributed by atoms with Gasteiger partial charge in [-0.05, 0) is 43.8 Å². The number of aromatic nitrogens is 2. The summed E-state index contributed by atoms with van der Waals surface area (Å²) < 4.78 is 36.4. The predicted molar refractivity (Wildman–Crippen MR) is 150 cm³/mol. The number of nitrogens with zero attached hydrogens (tertiary/aromatic N) is 5. The van der Waals surface area contributed by atoms with E-state index in [0.717, 1.165) is 39.1 Å². The van der Waals surface area contributed by atoms with Gasteiger partial charge in [0.15, 0.2) is 23.1 Å². The van der Waals surface area contributed by atoms with Crippen molar-refractivity contribution in [1.29, 1.82) is 0 Å². The van der Waals surface area contributed by atoms with E-state index in [1.165, 1.54) is 38.4 Å². The van der Waals surface area contributed by atoms with Crippen LogP contribution in [-0.4, -0.2) is 93.5 Å². The van der Waals surface area contributed by atoms with Gasteiger partial charge < -0.3 is 34.1 Å². The standard InChI is InChI=1S/C28H35FN6O5/c1-33-14-16-35(17-15-33)13-6-18-39-22-10-9-20(19-21(22)29)31-27-30-12-11-25(32-27)34(2)28(36)40-24-8-5-7-23(37-3)26(24)38-4/h5,7-12,19H,6,13-18H2,1-4H3,(H,30,31,32). The van der Waals surface area contributed by atoms with E-state index in [1.54, 1.807) is 36.4 Å². The summed E-state index contributed by atoms with van der Waals surface area (Å²) in [5.41, 5.74) is 0.436. The smallest absolute Gasteiger partial charge is 0.420 e. The van der Waals surface area contributed by atoms with Crippen LogP contribution < -0.4 is 29.2 Å².